The zero-order valence-corrected chi connectivity index (χ0v) is 17.1. The van der Waals surface area contributed by atoms with Gasteiger partial charge in [-0.3, -0.25) is 4.79 Å². The molecule has 2 aromatic carbocycles. The first kappa shape index (κ1) is 19.3. The van der Waals surface area contributed by atoms with Gasteiger partial charge in [0.05, 0.1) is 18.7 Å². The number of fused-ring (bicyclic) bond motifs is 3. The monoisotopic (exact) mass is 438 g/mol. The van der Waals surface area contributed by atoms with Crippen molar-refractivity contribution in [2.45, 2.75) is 23.9 Å². The highest BCUT2D eigenvalue weighted by atomic mass is 35.5. The van der Waals surface area contributed by atoms with Crippen molar-refractivity contribution >= 4 is 50.1 Å². The van der Waals surface area contributed by atoms with Crippen molar-refractivity contribution in [1.29, 1.82) is 0 Å². The van der Waals surface area contributed by atoms with Crippen LogP contribution in [0, 0.1) is 0 Å². The van der Waals surface area contributed by atoms with Crippen LogP contribution >= 0.6 is 23.2 Å². The number of hydrogen-bond donors (Lipinski definition) is 1. The van der Waals surface area contributed by atoms with E-state index in [4.69, 9.17) is 27.9 Å². The normalized spacial score (nSPS) is 17.5. The number of H-pyrrole nitrogens is 1. The van der Waals surface area contributed by atoms with Crippen LogP contribution in [-0.2, 0) is 32.5 Å². The molecule has 2 heterocycles. The average Bonchev–Trinajstić information content (AvgIpc) is 3.05. The van der Waals surface area contributed by atoms with E-state index < -0.39 is 22.0 Å². The fourth-order valence-corrected chi connectivity index (χ4v) is 5.86. The smallest absolute Gasteiger partial charge is 0.324 e. The van der Waals surface area contributed by atoms with Gasteiger partial charge in [-0.2, -0.15) is 4.31 Å². The Morgan fingerprint density at radius 2 is 1.96 bits per heavy atom. The molecule has 0 aliphatic carbocycles. The van der Waals surface area contributed by atoms with Crippen LogP contribution in [-0.4, -0.2) is 36.8 Å². The molecule has 146 valence electrons. The number of aromatic nitrogens is 1. The third-order valence-corrected chi connectivity index (χ3v) is 7.49. The highest BCUT2D eigenvalue weighted by Gasteiger charge is 2.42. The number of ether oxygens (including phenoxy) is 1. The first-order valence-electron chi connectivity index (χ1n) is 8.46. The van der Waals surface area contributed by atoms with Crippen molar-refractivity contribution in [3.8, 4) is 0 Å². The van der Waals surface area contributed by atoms with Crippen molar-refractivity contribution in [3.05, 3.63) is 63.8 Å². The molecule has 0 bridgehead atoms. The molecule has 1 aromatic heterocycles. The number of rotatable bonds is 3. The quantitative estimate of drug-likeness (QED) is 0.631. The van der Waals surface area contributed by atoms with E-state index in [0.29, 0.717) is 0 Å². The highest BCUT2D eigenvalue weighted by Crippen LogP contribution is 2.36. The molecule has 0 fully saturated rings. The van der Waals surface area contributed by atoms with E-state index in [2.05, 4.69) is 4.98 Å². The molecular formula is C19H16Cl2N2O4S. The number of hydrogen-bond acceptors (Lipinski definition) is 4. The third kappa shape index (κ3) is 3.08. The summed E-state index contributed by atoms with van der Waals surface area (Å²) in [6.07, 6.45) is 0.198. The molecule has 0 saturated carbocycles. The molecule has 28 heavy (non-hydrogen) atoms. The molecule has 6 nitrogen and oxygen atoms in total. The molecule has 4 rings (SSSR count). The van der Waals surface area contributed by atoms with Gasteiger partial charge in [-0.25, -0.2) is 8.42 Å². The lowest BCUT2D eigenvalue weighted by Gasteiger charge is -2.33. The lowest BCUT2D eigenvalue weighted by Crippen LogP contribution is -2.49. The zero-order chi connectivity index (χ0) is 20.1. The van der Waals surface area contributed by atoms with Crippen LogP contribution in [0.3, 0.4) is 0 Å². The van der Waals surface area contributed by atoms with Crippen LogP contribution in [0.4, 0.5) is 0 Å². The van der Waals surface area contributed by atoms with E-state index in [1.165, 1.54) is 25.3 Å². The first-order valence-corrected chi connectivity index (χ1v) is 10.7. The highest BCUT2D eigenvalue weighted by molar-refractivity contribution is 7.89. The summed E-state index contributed by atoms with van der Waals surface area (Å²) in [5.74, 6) is -0.627. The summed E-state index contributed by atoms with van der Waals surface area (Å²) in [7, 11) is -2.86. The molecule has 3 aromatic rings. The van der Waals surface area contributed by atoms with Gasteiger partial charge in [-0.15, -0.1) is 0 Å². The summed E-state index contributed by atoms with van der Waals surface area (Å²) in [5.41, 5.74) is 2.54. The maximum Gasteiger partial charge on any atom is 0.324 e. The van der Waals surface area contributed by atoms with Crippen molar-refractivity contribution in [2.75, 3.05) is 7.11 Å². The van der Waals surface area contributed by atoms with Crippen molar-refractivity contribution < 1.29 is 17.9 Å². The molecule has 0 saturated heterocycles. The predicted octanol–water partition coefficient (Wildman–Crippen LogP) is 3.76. The van der Waals surface area contributed by atoms with Crippen molar-refractivity contribution in [2.24, 2.45) is 0 Å². The van der Waals surface area contributed by atoms with Gasteiger partial charge < -0.3 is 9.72 Å². The Kier molecular flexibility index (Phi) is 4.87. The lowest BCUT2D eigenvalue weighted by atomic mass is 9.98. The van der Waals surface area contributed by atoms with Crippen LogP contribution in [0.25, 0.3) is 10.9 Å². The zero-order valence-electron chi connectivity index (χ0n) is 14.8. The Bertz CT molecular complexity index is 1190. The lowest BCUT2D eigenvalue weighted by molar-refractivity contribution is -0.145. The minimum atomic E-state index is -4.10. The number of carbonyl (C=O) groups is 1. The molecule has 1 atom stereocenters. The fourth-order valence-electron chi connectivity index (χ4n) is 3.58. The Labute approximate surface area is 172 Å². The second kappa shape index (κ2) is 7.08. The topological polar surface area (TPSA) is 79.5 Å². The number of carbonyl (C=O) groups excluding carboxylic acids is 1. The molecular weight excluding hydrogens is 423 g/mol. The number of methoxy groups -OCH3 is 1. The molecule has 0 radical (unpaired) electrons. The van der Waals surface area contributed by atoms with E-state index in [9.17, 15) is 13.2 Å². The van der Waals surface area contributed by atoms with Crippen LogP contribution in [0.5, 0.6) is 0 Å². The van der Waals surface area contributed by atoms with Crippen LogP contribution in [0.15, 0.2) is 47.4 Å². The van der Waals surface area contributed by atoms with Gasteiger partial charge in [0.2, 0.25) is 10.0 Å². The summed E-state index contributed by atoms with van der Waals surface area (Å²) in [5, 5.41) is 1.24. The number of nitrogens with one attached hydrogen (secondary N) is 1. The van der Waals surface area contributed by atoms with Crippen LogP contribution < -0.4 is 0 Å². The average molecular weight is 439 g/mol. The Balaban J connectivity index is 1.86. The van der Waals surface area contributed by atoms with Crippen molar-refractivity contribution in [3.63, 3.8) is 0 Å². The maximum absolute atomic E-state index is 13.4. The van der Waals surface area contributed by atoms with Crippen LogP contribution in [0.2, 0.25) is 10.0 Å². The summed E-state index contributed by atoms with van der Waals surface area (Å²) < 4.78 is 32.8. The molecule has 0 amide bonds. The molecule has 1 aliphatic heterocycles. The van der Waals surface area contributed by atoms with E-state index in [-0.39, 0.29) is 27.9 Å². The molecule has 9 heteroatoms. The van der Waals surface area contributed by atoms with Gasteiger partial charge >= 0.3 is 5.97 Å². The van der Waals surface area contributed by atoms with E-state index in [0.717, 1.165) is 26.5 Å². The number of esters is 1. The second-order valence-corrected chi connectivity index (χ2v) is 9.20. The second-order valence-electron chi connectivity index (χ2n) is 6.50. The van der Waals surface area contributed by atoms with Crippen LogP contribution in [0.1, 0.15) is 11.3 Å². The Morgan fingerprint density at radius 3 is 2.71 bits per heavy atom. The van der Waals surface area contributed by atoms with Gasteiger partial charge in [0.15, 0.2) is 0 Å². The van der Waals surface area contributed by atoms with E-state index in [1.54, 1.807) is 0 Å². The number of nitrogens with zero attached hydrogens (tertiary/aromatic N) is 1. The number of aromatic amines is 1. The standard InChI is InChI=1S/C19H16Cl2N2O4S/c1-27-19(24)17-9-13-12-4-2-3-5-15(12)22-16(13)10-23(17)28(25,26)18-8-11(20)6-7-14(18)21/h2-8,17,22H,9-10H2,1H3/t17-/m0/s1. The van der Waals surface area contributed by atoms with E-state index >= 15 is 0 Å². The van der Waals surface area contributed by atoms with Gasteiger partial charge in [0, 0.05) is 28.0 Å². The van der Waals surface area contributed by atoms with Gasteiger partial charge in [0.25, 0.3) is 0 Å². The first-order chi connectivity index (χ1) is 13.3. The van der Waals surface area contributed by atoms with Gasteiger partial charge in [-0.05, 0) is 29.8 Å². The number of benzene rings is 2. The predicted molar refractivity (Wildman–Crippen MR) is 107 cm³/mol. The Hall–Kier alpha value is -2.06. The molecule has 1 aliphatic rings. The summed E-state index contributed by atoms with van der Waals surface area (Å²) in [6.45, 7) is -0.00500. The number of para-hydroxylation sites is 1. The summed E-state index contributed by atoms with van der Waals surface area (Å²) in [4.78, 5) is 15.6. The largest absolute Gasteiger partial charge is 0.468 e. The van der Waals surface area contributed by atoms with E-state index in [1.807, 2.05) is 24.3 Å². The summed E-state index contributed by atoms with van der Waals surface area (Å²) in [6, 6.07) is 10.9. The van der Waals surface area contributed by atoms with Gasteiger partial charge in [-0.1, -0.05) is 41.4 Å². The molecule has 1 N–H and O–H groups in total. The Morgan fingerprint density at radius 1 is 1.21 bits per heavy atom. The maximum atomic E-state index is 13.4. The van der Waals surface area contributed by atoms with Gasteiger partial charge in [0.1, 0.15) is 10.9 Å². The fraction of sp³-hybridized carbons (Fsp3) is 0.211. The minimum absolute atomic E-state index is 0.00500. The number of sulfonamides is 1. The summed E-state index contributed by atoms with van der Waals surface area (Å²) >= 11 is 12.1. The molecule has 0 unspecified atom stereocenters. The third-order valence-electron chi connectivity index (χ3n) is 4.91. The SMILES string of the molecule is COC(=O)[C@@H]1Cc2c([nH]c3ccccc23)CN1S(=O)(=O)c1cc(Cl)ccc1Cl. The number of halogens is 2. The van der Waals surface area contributed by atoms with Crippen molar-refractivity contribution in [1.82, 2.24) is 9.29 Å². The minimum Gasteiger partial charge on any atom is -0.468 e. The molecule has 0 spiro atoms.